The normalized spacial score (nSPS) is 12.0. The average molecular weight is 522 g/mol. The second-order valence-electron chi connectivity index (χ2n) is 8.80. The lowest BCUT2D eigenvalue weighted by atomic mass is 10.1. The molecule has 0 saturated heterocycles. The molecule has 0 aliphatic heterocycles. The van der Waals surface area contributed by atoms with Crippen LogP contribution in [0.5, 0.6) is 0 Å². The number of nitrogens with one attached hydrogen (secondary N) is 1. The summed E-state index contributed by atoms with van der Waals surface area (Å²) in [5.41, 5.74) is 2.34. The van der Waals surface area contributed by atoms with Crippen molar-refractivity contribution in [2.75, 3.05) is 23.9 Å². The molecule has 0 fully saturated rings. The number of carbonyl (C=O) groups excluding carboxylic acids is 2. The van der Waals surface area contributed by atoms with Gasteiger partial charge in [0.2, 0.25) is 11.8 Å². The summed E-state index contributed by atoms with van der Waals surface area (Å²) in [4.78, 5) is 28.3. The third kappa shape index (κ3) is 7.20. The lowest BCUT2D eigenvalue weighted by Gasteiger charge is -2.33. The molecule has 7 nitrogen and oxygen atoms in total. The van der Waals surface area contributed by atoms with E-state index in [9.17, 15) is 18.0 Å². The van der Waals surface area contributed by atoms with Gasteiger partial charge in [-0.25, -0.2) is 8.42 Å². The van der Waals surface area contributed by atoms with Crippen molar-refractivity contribution in [2.24, 2.45) is 0 Å². The fourth-order valence-corrected chi connectivity index (χ4v) is 5.56. The first kappa shape index (κ1) is 27.9. The molecule has 0 unspecified atom stereocenters. The van der Waals surface area contributed by atoms with Crippen LogP contribution in [-0.2, 0) is 26.0 Å². The zero-order valence-electron chi connectivity index (χ0n) is 21.6. The summed E-state index contributed by atoms with van der Waals surface area (Å²) in [6.07, 6.45) is 0.945. The zero-order chi connectivity index (χ0) is 26.8. The van der Waals surface area contributed by atoms with Gasteiger partial charge in [-0.05, 0) is 56.5 Å². The number of carbonyl (C=O) groups is 2. The largest absolute Gasteiger partial charge is 0.355 e. The van der Waals surface area contributed by atoms with E-state index in [1.54, 1.807) is 54.6 Å². The van der Waals surface area contributed by atoms with Gasteiger partial charge in [0.05, 0.1) is 10.6 Å². The Labute approximate surface area is 220 Å². The van der Waals surface area contributed by atoms with Crippen LogP contribution in [0.25, 0.3) is 0 Å². The molecule has 0 saturated carbocycles. The molecule has 3 rings (SSSR count). The summed E-state index contributed by atoms with van der Waals surface area (Å²) in [6, 6.07) is 24.1. The van der Waals surface area contributed by atoms with Gasteiger partial charge >= 0.3 is 0 Å². The van der Waals surface area contributed by atoms with Gasteiger partial charge in [0, 0.05) is 13.1 Å². The van der Waals surface area contributed by atoms with Crippen molar-refractivity contribution in [3.8, 4) is 0 Å². The number of sulfonamides is 1. The number of hydrogen-bond donors (Lipinski definition) is 1. The molecule has 3 aromatic rings. The molecule has 0 aliphatic rings. The van der Waals surface area contributed by atoms with E-state index < -0.39 is 28.5 Å². The van der Waals surface area contributed by atoms with Crippen molar-refractivity contribution >= 4 is 27.5 Å². The predicted octanol–water partition coefficient (Wildman–Crippen LogP) is 4.18. The molecule has 0 bridgehead atoms. The van der Waals surface area contributed by atoms with Gasteiger partial charge in [0.25, 0.3) is 10.0 Å². The number of hydrogen-bond acceptors (Lipinski definition) is 4. The maximum Gasteiger partial charge on any atom is 0.264 e. The van der Waals surface area contributed by atoms with Gasteiger partial charge in [-0.1, -0.05) is 73.2 Å². The SMILES string of the molecule is CCNC(=O)[C@H](CC)N(CCc1ccccc1)C(=O)CN(c1ccccc1)S(=O)(=O)c1ccc(C)cc1. The molecule has 0 aliphatic carbocycles. The van der Waals surface area contributed by atoms with Crippen molar-refractivity contribution in [1.29, 1.82) is 0 Å². The van der Waals surface area contributed by atoms with Crippen molar-refractivity contribution in [1.82, 2.24) is 10.2 Å². The van der Waals surface area contributed by atoms with Crippen LogP contribution in [-0.4, -0.2) is 50.8 Å². The Morgan fingerprint density at radius 2 is 1.46 bits per heavy atom. The topological polar surface area (TPSA) is 86.8 Å². The monoisotopic (exact) mass is 521 g/mol. The number of rotatable bonds is 12. The Kier molecular flexibility index (Phi) is 9.85. The van der Waals surface area contributed by atoms with E-state index in [0.29, 0.717) is 25.1 Å². The first-order valence-electron chi connectivity index (χ1n) is 12.5. The van der Waals surface area contributed by atoms with Crippen LogP contribution < -0.4 is 9.62 Å². The fraction of sp³-hybridized carbons (Fsp3) is 0.310. The van der Waals surface area contributed by atoms with Crippen molar-refractivity contribution in [3.05, 3.63) is 96.1 Å². The van der Waals surface area contributed by atoms with Crippen LogP contribution in [0.15, 0.2) is 89.8 Å². The molecule has 0 spiro atoms. The number of aryl methyl sites for hydroxylation is 1. The maximum atomic E-state index is 13.8. The summed E-state index contributed by atoms with van der Waals surface area (Å²) < 4.78 is 28.6. The highest BCUT2D eigenvalue weighted by Crippen LogP contribution is 2.24. The molecular formula is C29H35N3O4S. The summed E-state index contributed by atoms with van der Waals surface area (Å²) in [5.74, 6) is -0.687. The van der Waals surface area contributed by atoms with Gasteiger partial charge in [-0.3, -0.25) is 13.9 Å². The highest BCUT2D eigenvalue weighted by molar-refractivity contribution is 7.92. The lowest BCUT2D eigenvalue weighted by molar-refractivity contribution is -0.139. The first-order chi connectivity index (χ1) is 17.8. The summed E-state index contributed by atoms with van der Waals surface area (Å²) >= 11 is 0. The van der Waals surface area contributed by atoms with Gasteiger partial charge < -0.3 is 10.2 Å². The molecule has 0 radical (unpaired) electrons. The Bertz CT molecular complexity index is 1260. The van der Waals surface area contributed by atoms with Crippen molar-refractivity contribution in [2.45, 2.75) is 44.6 Å². The minimum absolute atomic E-state index is 0.0985. The van der Waals surface area contributed by atoms with Crippen LogP contribution in [0.4, 0.5) is 5.69 Å². The van der Waals surface area contributed by atoms with E-state index in [1.807, 2.05) is 51.1 Å². The zero-order valence-corrected chi connectivity index (χ0v) is 22.4. The van der Waals surface area contributed by atoms with Gasteiger partial charge in [-0.2, -0.15) is 0 Å². The predicted molar refractivity (Wildman–Crippen MR) is 147 cm³/mol. The second-order valence-corrected chi connectivity index (χ2v) is 10.7. The smallest absolute Gasteiger partial charge is 0.264 e. The van der Waals surface area contributed by atoms with Gasteiger partial charge in [0.15, 0.2) is 0 Å². The number of benzene rings is 3. The second kappa shape index (κ2) is 13.1. The lowest BCUT2D eigenvalue weighted by Crippen LogP contribution is -2.53. The Morgan fingerprint density at radius 1 is 0.865 bits per heavy atom. The summed E-state index contributed by atoms with van der Waals surface area (Å²) in [5, 5.41) is 2.81. The van der Waals surface area contributed by atoms with E-state index in [4.69, 9.17) is 0 Å². The third-order valence-electron chi connectivity index (χ3n) is 6.15. The fourth-order valence-electron chi connectivity index (χ4n) is 4.15. The molecule has 0 heterocycles. The number of nitrogens with zero attached hydrogens (tertiary/aromatic N) is 2. The molecule has 8 heteroatoms. The molecule has 1 atom stereocenters. The Hall–Kier alpha value is -3.65. The van der Waals surface area contributed by atoms with Crippen LogP contribution >= 0.6 is 0 Å². The van der Waals surface area contributed by atoms with E-state index in [0.717, 1.165) is 15.4 Å². The quantitative estimate of drug-likeness (QED) is 0.388. The summed E-state index contributed by atoms with van der Waals surface area (Å²) in [7, 11) is -4.04. The minimum atomic E-state index is -4.04. The third-order valence-corrected chi connectivity index (χ3v) is 7.94. The van der Waals surface area contributed by atoms with E-state index >= 15 is 0 Å². The van der Waals surface area contributed by atoms with Crippen LogP contribution in [0.2, 0.25) is 0 Å². The molecule has 0 aromatic heterocycles. The molecular weight excluding hydrogens is 486 g/mol. The average Bonchev–Trinajstić information content (AvgIpc) is 2.90. The van der Waals surface area contributed by atoms with Crippen LogP contribution in [0.3, 0.4) is 0 Å². The number of para-hydroxylation sites is 1. The van der Waals surface area contributed by atoms with E-state index in [-0.39, 0.29) is 17.3 Å². The molecule has 2 amide bonds. The van der Waals surface area contributed by atoms with Crippen LogP contribution in [0, 0.1) is 6.92 Å². The van der Waals surface area contributed by atoms with E-state index in [1.165, 1.54) is 4.90 Å². The number of likely N-dealkylation sites (N-methyl/N-ethyl adjacent to an activating group) is 1. The van der Waals surface area contributed by atoms with Gasteiger partial charge in [0.1, 0.15) is 12.6 Å². The molecule has 37 heavy (non-hydrogen) atoms. The van der Waals surface area contributed by atoms with Crippen molar-refractivity contribution in [3.63, 3.8) is 0 Å². The molecule has 196 valence electrons. The molecule has 1 N–H and O–H groups in total. The highest BCUT2D eigenvalue weighted by atomic mass is 32.2. The molecule has 3 aromatic carbocycles. The summed E-state index contributed by atoms with van der Waals surface area (Å²) in [6.45, 7) is 5.85. The van der Waals surface area contributed by atoms with Gasteiger partial charge in [-0.15, -0.1) is 0 Å². The Morgan fingerprint density at radius 3 is 2.03 bits per heavy atom. The number of amides is 2. The van der Waals surface area contributed by atoms with E-state index in [2.05, 4.69) is 5.32 Å². The maximum absolute atomic E-state index is 13.8. The highest BCUT2D eigenvalue weighted by Gasteiger charge is 2.33. The van der Waals surface area contributed by atoms with Crippen LogP contribution in [0.1, 0.15) is 31.4 Å². The van der Waals surface area contributed by atoms with Crippen molar-refractivity contribution < 1.29 is 18.0 Å². The minimum Gasteiger partial charge on any atom is -0.355 e. The Balaban J connectivity index is 1.97. The number of anilines is 1. The standard InChI is InChI=1S/C29H35N3O4S/c1-4-27(29(34)30-5-2)31(21-20-24-12-8-6-9-13-24)28(33)22-32(25-14-10-7-11-15-25)37(35,36)26-18-16-23(3)17-19-26/h6-19,27H,4-5,20-22H2,1-3H3,(H,30,34)/t27-/m0/s1. The first-order valence-corrected chi connectivity index (χ1v) is 14.0.